The molecule has 1 heterocycles. The van der Waals surface area contributed by atoms with Crippen LogP contribution in [0.3, 0.4) is 0 Å². The third-order valence-electron chi connectivity index (χ3n) is 9.30. The Morgan fingerprint density at radius 1 is 0.571 bits per heavy atom. The Bertz CT molecular complexity index is 1580. The predicted molar refractivity (Wildman–Crippen MR) is 202 cm³/mol. The first-order valence-corrected chi connectivity index (χ1v) is 18.6. The number of unbranched alkanes of at least 4 members (excludes halogenated alkanes) is 12. The number of benzene rings is 3. The number of ketones is 1. The molecule has 6 heteroatoms. The number of carbonyl (C=O) groups is 1. The maximum Gasteiger partial charge on any atom is 0.167 e. The second-order valence-corrected chi connectivity index (χ2v) is 13.8. The van der Waals surface area contributed by atoms with Gasteiger partial charge < -0.3 is 9.84 Å². The van der Waals surface area contributed by atoms with Gasteiger partial charge in [0.1, 0.15) is 17.3 Å². The van der Waals surface area contributed by atoms with Crippen LogP contribution in [0, 0.1) is 27.7 Å². The Morgan fingerprint density at radius 2 is 1.02 bits per heavy atom. The summed E-state index contributed by atoms with van der Waals surface area (Å²) in [5.41, 5.74) is 6.80. The van der Waals surface area contributed by atoms with Crippen molar-refractivity contribution in [2.45, 2.75) is 131 Å². The second-order valence-electron chi connectivity index (χ2n) is 13.8. The zero-order valence-corrected chi connectivity index (χ0v) is 30.6. The molecule has 6 nitrogen and oxygen atoms in total. The van der Waals surface area contributed by atoms with Crippen molar-refractivity contribution in [3.05, 3.63) is 76.9 Å². The van der Waals surface area contributed by atoms with Crippen LogP contribution in [0.5, 0.6) is 11.5 Å². The first-order chi connectivity index (χ1) is 23.7. The Hall–Kier alpha value is -4.06. The number of aromatic hydroxyl groups is 1. The molecule has 0 bridgehead atoms. The number of nitrogens with zero attached hydrogens (tertiary/aromatic N) is 3. The van der Waals surface area contributed by atoms with Gasteiger partial charge in [-0.1, -0.05) is 131 Å². The topological polar surface area (TPSA) is 85.2 Å². The van der Waals surface area contributed by atoms with Crippen molar-refractivity contribution in [3.63, 3.8) is 0 Å². The number of rotatable bonds is 21. The first-order valence-electron chi connectivity index (χ1n) is 18.6. The molecule has 0 fully saturated rings. The van der Waals surface area contributed by atoms with Crippen molar-refractivity contribution in [2.24, 2.45) is 0 Å². The van der Waals surface area contributed by atoms with Gasteiger partial charge in [-0.25, -0.2) is 15.0 Å². The summed E-state index contributed by atoms with van der Waals surface area (Å²) >= 11 is 0. The van der Waals surface area contributed by atoms with E-state index in [2.05, 4.69) is 58.9 Å². The van der Waals surface area contributed by atoms with Crippen LogP contribution in [0.1, 0.15) is 125 Å². The number of Topliss-reactive ketones (excluding diaryl/α,β-unsaturated/α-hetero) is 1. The summed E-state index contributed by atoms with van der Waals surface area (Å²) in [6, 6.07) is 17.5. The van der Waals surface area contributed by atoms with Crippen LogP contribution in [0.25, 0.3) is 34.2 Å². The lowest BCUT2D eigenvalue weighted by Crippen LogP contribution is -2.06. The van der Waals surface area contributed by atoms with E-state index >= 15 is 0 Å². The monoisotopic (exact) mass is 663 g/mol. The van der Waals surface area contributed by atoms with Gasteiger partial charge in [0.25, 0.3) is 0 Å². The third kappa shape index (κ3) is 12.1. The van der Waals surface area contributed by atoms with Crippen LogP contribution in [-0.2, 0) is 4.79 Å². The summed E-state index contributed by atoms with van der Waals surface area (Å²) < 4.78 is 5.87. The largest absolute Gasteiger partial charge is 0.507 e. The number of phenols is 1. The number of aromatic nitrogens is 3. The van der Waals surface area contributed by atoms with Crippen LogP contribution >= 0.6 is 0 Å². The fourth-order valence-corrected chi connectivity index (χ4v) is 6.40. The summed E-state index contributed by atoms with van der Waals surface area (Å²) in [4.78, 5) is 27.0. The molecule has 0 atom stereocenters. The molecule has 49 heavy (non-hydrogen) atoms. The summed E-state index contributed by atoms with van der Waals surface area (Å²) in [5.74, 6) is 2.25. The van der Waals surface area contributed by atoms with Crippen molar-refractivity contribution in [1.82, 2.24) is 15.0 Å². The van der Waals surface area contributed by atoms with Gasteiger partial charge in [0.2, 0.25) is 0 Å². The minimum absolute atomic E-state index is 0.0140. The fraction of sp³-hybridized carbons (Fsp3) is 0.488. The molecule has 1 aromatic heterocycles. The molecule has 262 valence electrons. The molecule has 4 rings (SSSR count). The number of hydrogen-bond acceptors (Lipinski definition) is 6. The molecule has 0 spiro atoms. The van der Waals surface area contributed by atoms with Gasteiger partial charge in [0, 0.05) is 30.0 Å². The highest BCUT2D eigenvalue weighted by Gasteiger charge is 2.17. The van der Waals surface area contributed by atoms with Gasteiger partial charge in [0.05, 0.1) is 12.2 Å². The van der Waals surface area contributed by atoms with E-state index in [1.165, 1.54) is 81.8 Å². The quantitative estimate of drug-likeness (QED) is 0.0893. The van der Waals surface area contributed by atoms with Gasteiger partial charge in [0.15, 0.2) is 17.5 Å². The molecule has 0 aliphatic heterocycles. The van der Waals surface area contributed by atoms with Crippen molar-refractivity contribution >= 4 is 5.78 Å². The van der Waals surface area contributed by atoms with Crippen molar-refractivity contribution < 1.29 is 14.6 Å². The molecule has 4 aromatic rings. The molecule has 0 aliphatic rings. The van der Waals surface area contributed by atoms with E-state index in [-0.39, 0.29) is 18.1 Å². The first kappa shape index (κ1) is 37.8. The average Bonchev–Trinajstić information content (AvgIpc) is 3.06. The maximum atomic E-state index is 12.5. The number of carbonyl (C=O) groups excluding carboxylic acids is 1. The average molecular weight is 664 g/mol. The molecular formula is C43H57N3O3. The summed E-state index contributed by atoms with van der Waals surface area (Å²) in [5, 5.41) is 11.1. The molecule has 0 radical (unpaired) electrons. The van der Waals surface area contributed by atoms with Gasteiger partial charge in [-0.15, -0.1) is 0 Å². The normalized spacial score (nSPS) is 11.2. The second kappa shape index (κ2) is 19.8. The minimum Gasteiger partial charge on any atom is -0.507 e. The van der Waals surface area contributed by atoms with Gasteiger partial charge in [-0.3, -0.25) is 4.79 Å². The third-order valence-corrected chi connectivity index (χ3v) is 9.30. The molecule has 0 aliphatic carbocycles. The van der Waals surface area contributed by atoms with E-state index < -0.39 is 0 Å². The zero-order chi connectivity index (χ0) is 35.0. The Morgan fingerprint density at radius 3 is 1.49 bits per heavy atom. The fourth-order valence-electron chi connectivity index (χ4n) is 6.40. The Balaban J connectivity index is 1.28. The lowest BCUT2D eigenvalue weighted by atomic mass is 10.0. The van der Waals surface area contributed by atoms with Crippen LogP contribution < -0.4 is 4.74 Å². The van der Waals surface area contributed by atoms with Gasteiger partial charge >= 0.3 is 0 Å². The lowest BCUT2D eigenvalue weighted by molar-refractivity contribution is -0.119. The van der Waals surface area contributed by atoms with Crippen LogP contribution in [0.15, 0.2) is 54.6 Å². The van der Waals surface area contributed by atoms with E-state index in [9.17, 15) is 9.90 Å². The lowest BCUT2D eigenvalue weighted by Gasteiger charge is -2.13. The van der Waals surface area contributed by atoms with Crippen molar-refractivity contribution in [1.29, 1.82) is 0 Å². The molecule has 1 N–H and O–H groups in total. The molecule has 3 aromatic carbocycles. The van der Waals surface area contributed by atoms with Gasteiger partial charge in [-0.05, 0) is 57.4 Å². The molecule has 0 saturated heterocycles. The van der Waals surface area contributed by atoms with E-state index in [1.54, 1.807) is 18.2 Å². The van der Waals surface area contributed by atoms with Crippen molar-refractivity contribution in [3.8, 4) is 45.7 Å². The number of aryl methyl sites for hydroxylation is 4. The van der Waals surface area contributed by atoms with Crippen LogP contribution in [-0.4, -0.2) is 32.4 Å². The highest BCUT2D eigenvalue weighted by Crippen LogP contribution is 2.34. The molecular weight excluding hydrogens is 606 g/mol. The standard InChI is InChI=1S/C43H57N3O3/c1-6-7-8-9-10-11-12-13-14-15-16-17-18-19-35(47)26-27-49-36-22-25-39(40(48)30-36)43-45-41(37-23-20-31(2)28-33(37)4)44-42(46-43)38-24-21-32(3)29-34(38)5/h20-25,28-30,48H,6-19,26-27H2,1-5H3. The van der Waals surface area contributed by atoms with E-state index in [0.717, 1.165) is 35.1 Å². The summed E-state index contributed by atoms with van der Waals surface area (Å²) in [6.07, 6.45) is 17.8. The van der Waals surface area contributed by atoms with E-state index in [4.69, 9.17) is 19.7 Å². The van der Waals surface area contributed by atoms with Crippen molar-refractivity contribution in [2.75, 3.05) is 6.61 Å². The van der Waals surface area contributed by atoms with Crippen LogP contribution in [0.2, 0.25) is 0 Å². The van der Waals surface area contributed by atoms with E-state index in [1.807, 2.05) is 12.1 Å². The predicted octanol–water partition coefficient (Wildman–Crippen LogP) is 11.6. The minimum atomic E-state index is 0.0140. The molecule has 0 unspecified atom stereocenters. The number of phenolic OH excluding ortho intramolecular Hbond substituents is 1. The Kier molecular flexibility index (Phi) is 15.3. The Labute approximate surface area is 294 Å². The molecule has 0 saturated carbocycles. The smallest absolute Gasteiger partial charge is 0.167 e. The zero-order valence-electron chi connectivity index (χ0n) is 30.6. The van der Waals surface area contributed by atoms with Gasteiger partial charge in [-0.2, -0.15) is 0 Å². The summed E-state index contributed by atoms with van der Waals surface area (Å²) in [7, 11) is 0. The molecule has 0 amide bonds. The maximum absolute atomic E-state index is 12.5. The summed E-state index contributed by atoms with van der Waals surface area (Å²) in [6.45, 7) is 10.8. The SMILES string of the molecule is CCCCCCCCCCCCCCCC(=O)CCOc1ccc(-c2nc(-c3ccc(C)cc3C)nc(-c3ccc(C)cc3C)n2)c(O)c1. The number of hydrogen-bond donors (Lipinski definition) is 1. The highest BCUT2D eigenvalue weighted by atomic mass is 16.5. The van der Waals surface area contributed by atoms with E-state index in [0.29, 0.717) is 41.6 Å². The highest BCUT2D eigenvalue weighted by molar-refractivity contribution is 5.78. The number of ether oxygens (including phenoxy) is 1. The van der Waals surface area contributed by atoms with Crippen LogP contribution in [0.4, 0.5) is 0 Å².